The SMILES string of the molecule is CC1NCC(Cc2ccc(Cl)cc2)NC1=O. The molecule has 4 heteroatoms. The molecule has 0 radical (unpaired) electrons. The van der Waals surface area contributed by atoms with Gasteiger partial charge in [0, 0.05) is 17.6 Å². The van der Waals surface area contributed by atoms with Gasteiger partial charge in [0.1, 0.15) is 0 Å². The standard InChI is InChI=1S/C12H15ClN2O/c1-8-12(16)15-11(7-14-8)6-9-2-4-10(13)5-3-9/h2-5,8,11,14H,6-7H2,1H3,(H,15,16). The molecule has 3 nitrogen and oxygen atoms in total. The van der Waals surface area contributed by atoms with Crippen LogP contribution in [0.25, 0.3) is 0 Å². The molecule has 2 rings (SSSR count). The Morgan fingerprint density at radius 3 is 2.69 bits per heavy atom. The van der Waals surface area contributed by atoms with Crippen LogP contribution >= 0.6 is 11.6 Å². The molecule has 1 saturated heterocycles. The van der Waals surface area contributed by atoms with Gasteiger partial charge in [-0.3, -0.25) is 4.79 Å². The van der Waals surface area contributed by atoms with Crippen molar-refractivity contribution >= 4 is 17.5 Å². The summed E-state index contributed by atoms with van der Waals surface area (Å²) in [5.41, 5.74) is 1.19. The van der Waals surface area contributed by atoms with Crippen molar-refractivity contribution in [1.82, 2.24) is 10.6 Å². The van der Waals surface area contributed by atoms with E-state index in [9.17, 15) is 4.79 Å². The van der Waals surface area contributed by atoms with Gasteiger partial charge in [-0.15, -0.1) is 0 Å². The Kier molecular flexibility index (Phi) is 3.46. The van der Waals surface area contributed by atoms with Crippen molar-refractivity contribution in [3.05, 3.63) is 34.9 Å². The van der Waals surface area contributed by atoms with Gasteiger partial charge in [-0.2, -0.15) is 0 Å². The number of hydrogen-bond donors (Lipinski definition) is 2. The van der Waals surface area contributed by atoms with E-state index in [1.165, 1.54) is 5.56 Å². The van der Waals surface area contributed by atoms with Crippen LogP contribution in [-0.4, -0.2) is 24.5 Å². The van der Waals surface area contributed by atoms with Crippen LogP contribution in [0.3, 0.4) is 0 Å². The first-order chi connectivity index (χ1) is 7.65. The van der Waals surface area contributed by atoms with E-state index in [2.05, 4.69) is 10.6 Å². The number of rotatable bonds is 2. The molecule has 0 saturated carbocycles. The predicted molar refractivity (Wildman–Crippen MR) is 64.6 cm³/mol. The lowest BCUT2D eigenvalue weighted by molar-refractivity contribution is -0.124. The molecule has 1 aromatic carbocycles. The Labute approximate surface area is 100 Å². The minimum absolute atomic E-state index is 0.0743. The van der Waals surface area contributed by atoms with Gasteiger partial charge >= 0.3 is 0 Å². The molecule has 0 bridgehead atoms. The smallest absolute Gasteiger partial charge is 0.237 e. The highest BCUT2D eigenvalue weighted by Gasteiger charge is 2.23. The summed E-state index contributed by atoms with van der Waals surface area (Å²) in [7, 11) is 0. The Morgan fingerprint density at radius 2 is 2.06 bits per heavy atom. The molecule has 1 amide bonds. The molecule has 1 aromatic rings. The monoisotopic (exact) mass is 238 g/mol. The van der Waals surface area contributed by atoms with E-state index in [1.807, 2.05) is 31.2 Å². The van der Waals surface area contributed by atoms with Gasteiger partial charge in [0.25, 0.3) is 0 Å². The van der Waals surface area contributed by atoms with Crippen LogP contribution in [0.2, 0.25) is 5.02 Å². The van der Waals surface area contributed by atoms with Crippen LogP contribution in [-0.2, 0) is 11.2 Å². The summed E-state index contributed by atoms with van der Waals surface area (Å²) in [6.07, 6.45) is 0.836. The molecule has 0 aliphatic carbocycles. The second-order valence-corrected chi connectivity index (χ2v) is 4.60. The highest BCUT2D eigenvalue weighted by molar-refractivity contribution is 6.30. The Bertz CT molecular complexity index is 377. The van der Waals surface area contributed by atoms with Crippen LogP contribution < -0.4 is 10.6 Å². The fraction of sp³-hybridized carbons (Fsp3) is 0.417. The van der Waals surface area contributed by atoms with Crippen molar-refractivity contribution in [2.75, 3.05) is 6.54 Å². The summed E-state index contributed by atoms with van der Waals surface area (Å²) >= 11 is 5.81. The number of benzene rings is 1. The highest BCUT2D eigenvalue weighted by atomic mass is 35.5. The molecule has 1 aliphatic rings. The molecule has 1 fully saturated rings. The zero-order chi connectivity index (χ0) is 11.5. The highest BCUT2D eigenvalue weighted by Crippen LogP contribution is 2.11. The van der Waals surface area contributed by atoms with Crippen molar-refractivity contribution in [1.29, 1.82) is 0 Å². The average Bonchev–Trinajstić information content (AvgIpc) is 2.27. The van der Waals surface area contributed by atoms with Gasteiger partial charge in [-0.25, -0.2) is 0 Å². The maximum Gasteiger partial charge on any atom is 0.237 e. The number of piperazine rings is 1. The quantitative estimate of drug-likeness (QED) is 0.817. The second-order valence-electron chi connectivity index (χ2n) is 4.17. The minimum Gasteiger partial charge on any atom is -0.350 e. The van der Waals surface area contributed by atoms with E-state index in [1.54, 1.807) is 0 Å². The number of carbonyl (C=O) groups is 1. The summed E-state index contributed by atoms with van der Waals surface area (Å²) in [6.45, 7) is 2.68. The van der Waals surface area contributed by atoms with Crippen molar-refractivity contribution in [3.8, 4) is 0 Å². The zero-order valence-corrected chi connectivity index (χ0v) is 9.92. The van der Waals surface area contributed by atoms with Crippen molar-refractivity contribution in [3.63, 3.8) is 0 Å². The summed E-state index contributed by atoms with van der Waals surface area (Å²) < 4.78 is 0. The maximum absolute atomic E-state index is 11.5. The van der Waals surface area contributed by atoms with Crippen LogP contribution in [0.15, 0.2) is 24.3 Å². The molecule has 1 aliphatic heterocycles. The van der Waals surface area contributed by atoms with Crippen LogP contribution in [0.5, 0.6) is 0 Å². The number of amides is 1. The molecule has 0 aromatic heterocycles. The lowest BCUT2D eigenvalue weighted by Gasteiger charge is -2.28. The van der Waals surface area contributed by atoms with E-state index in [4.69, 9.17) is 11.6 Å². The third-order valence-electron chi connectivity index (χ3n) is 2.81. The molecule has 16 heavy (non-hydrogen) atoms. The van der Waals surface area contributed by atoms with Crippen molar-refractivity contribution in [2.45, 2.75) is 25.4 Å². The van der Waals surface area contributed by atoms with Crippen molar-refractivity contribution in [2.24, 2.45) is 0 Å². The van der Waals surface area contributed by atoms with Crippen LogP contribution in [0.1, 0.15) is 12.5 Å². The molecule has 1 heterocycles. The van der Waals surface area contributed by atoms with Gasteiger partial charge in [0.15, 0.2) is 0 Å². The van der Waals surface area contributed by atoms with E-state index in [0.717, 1.165) is 18.0 Å². The first-order valence-corrected chi connectivity index (χ1v) is 5.81. The lowest BCUT2D eigenvalue weighted by Crippen LogP contribution is -2.57. The molecule has 86 valence electrons. The molecule has 0 spiro atoms. The van der Waals surface area contributed by atoms with E-state index in [-0.39, 0.29) is 18.0 Å². The third kappa shape index (κ3) is 2.74. The van der Waals surface area contributed by atoms with Crippen LogP contribution in [0.4, 0.5) is 0 Å². The van der Waals surface area contributed by atoms with E-state index in [0.29, 0.717) is 0 Å². The van der Waals surface area contributed by atoms with Gasteiger partial charge in [0.2, 0.25) is 5.91 Å². The van der Waals surface area contributed by atoms with Gasteiger partial charge in [0.05, 0.1) is 6.04 Å². The summed E-state index contributed by atoms with van der Waals surface area (Å²) in [6, 6.07) is 7.82. The van der Waals surface area contributed by atoms with Gasteiger partial charge in [-0.05, 0) is 31.0 Å². The largest absolute Gasteiger partial charge is 0.350 e. The molecule has 2 N–H and O–H groups in total. The summed E-state index contributed by atoms with van der Waals surface area (Å²) in [4.78, 5) is 11.5. The van der Waals surface area contributed by atoms with E-state index < -0.39 is 0 Å². The Hall–Kier alpha value is -1.06. The topological polar surface area (TPSA) is 41.1 Å². The van der Waals surface area contributed by atoms with E-state index >= 15 is 0 Å². The zero-order valence-electron chi connectivity index (χ0n) is 9.16. The first kappa shape index (κ1) is 11.4. The fourth-order valence-corrected chi connectivity index (χ4v) is 1.94. The normalized spacial score (nSPS) is 25.2. The number of hydrogen-bond acceptors (Lipinski definition) is 2. The van der Waals surface area contributed by atoms with Gasteiger partial charge < -0.3 is 10.6 Å². The second kappa shape index (κ2) is 4.85. The Morgan fingerprint density at radius 1 is 1.38 bits per heavy atom. The molecule has 2 unspecified atom stereocenters. The molecular formula is C12H15ClN2O. The predicted octanol–water partition coefficient (Wildman–Crippen LogP) is 1.36. The fourth-order valence-electron chi connectivity index (χ4n) is 1.82. The summed E-state index contributed by atoms with van der Waals surface area (Å²) in [5, 5.41) is 6.91. The molecule has 2 atom stereocenters. The first-order valence-electron chi connectivity index (χ1n) is 5.43. The molecular weight excluding hydrogens is 224 g/mol. The number of carbonyl (C=O) groups excluding carboxylic acids is 1. The minimum atomic E-state index is -0.0820. The third-order valence-corrected chi connectivity index (χ3v) is 3.06. The van der Waals surface area contributed by atoms with Crippen molar-refractivity contribution < 1.29 is 4.79 Å². The number of nitrogens with one attached hydrogen (secondary N) is 2. The Balaban J connectivity index is 1.95. The van der Waals surface area contributed by atoms with Crippen LogP contribution in [0, 0.1) is 0 Å². The van der Waals surface area contributed by atoms with Gasteiger partial charge in [-0.1, -0.05) is 23.7 Å². The average molecular weight is 239 g/mol. The lowest BCUT2D eigenvalue weighted by atomic mass is 10.0. The number of halogens is 1. The summed E-state index contributed by atoms with van der Waals surface area (Å²) in [5.74, 6) is 0.0743. The maximum atomic E-state index is 11.5.